The quantitative estimate of drug-likeness (QED) is 0.359. The number of fused-ring (bicyclic) bond motifs is 2. The van der Waals surface area contributed by atoms with E-state index in [0.29, 0.717) is 23.4 Å². The Balaban J connectivity index is 1.48. The molecule has 3 aromatic carbocycles. The van der Waals surface area contributed by atoms with E-state index in [1.165, 1.54) is 52.4 Å². The molecule has 190 valence electrons. The predicted molar refractivity (Wildman–Crippen MR) is 137 cm³/mol. The number of benzene rings is 3. The Morgan fingerprint density at radius 1 is 1.05 bits per heavy atom. The van der Waals surface area contributed by atoms with E-state index in [-0.39, 0.29) is 27.3 Å². The van der Waals surface area contributed by atoms with Gasteiger partial charge in [0.2, 0.25) is 0 Å². The summed E-state index contributed by atoms with van der Waals surface area (Å²) in [5.41, 5.74) is 1.94. The molecule has 37 heavy (non-hydrogen) atoms. The molecule has 0 atom stereocenters. The molecule has 0 unspecified atom stereocenters. The zero-order chi connectivity index (χ0) is 26.2. The van der Waals surface area contributed by atoms with Gasteiger partial charge in [-0.3, -0.25) is 13.9 Å². The minimum atomic E-state index is -3.83. The lowest BCUT2D eigenvalue weighted by molar-refractivity contribution is -0.141. The van der Waals surface area contributed by atoms with Crippen LogP contribution in [0.15, 0.2) is 76.6 Å². The molecular weight excluding hydrogens is 517 g/mol. The highest BCUT2D eigenvalue weighted by molar-refractivity contribution is 7.92. The lowest BCUT2D eigenvalue weighted by Gasteiger charge is -2.30. The van der Waals surface area contributed by atoms with Crippen molar-refractivity contribution in [2.75, 3.05) is 18.0 Å². The predicted octanol–water partition coefficient (Wildman–Crippen LogP) is 3.90. The first-order valence-electron chi connectivity index (χ1n) is 11.4. The number of rotatable bonds is 5. The Labute approximate surface area is 216 Å². The van der Waals surface area contributed by atoms with Crippen LogP contribution in [0.1, 0.15) is 22.3 Å². The van der Waals surface area contributed by atoms with Gasteiger partial charge in [0, 0.05) is 12.1 Å². The van der Waals surface area contributed by atoms with Crippen LogP contribution in [0, 0.1) is 5.82 Å². The Morgan fingerprint density at radius 2 is 1.81 bits per heavy atom. The van der Waals surface area contributed by atoms with E-state index in [4.69, 9.17) is 4.74 Å². The van der Waals surface area contributed by atoms with Gasteiger partial charge in [0.15, 0.2) is 4.80 Å². The van der Waals surface area contributed by atoms with Gasteiger partial charge < -0.3 is 9.30 Å². The summed E-state index contributed by atoms with van der Waals surface area (Å²) >= 11 is 1.06. The first-order valence-corrected chi connectivity index (χ1v) is 13.7. The molecule has 0 bridgehead atoms. The van der Waals surface area contributed by atoms with Gasteiger partial charge in [-0.2, -0.15) is 4.99 Å². The maximum atomic E-state index is 14.5. The number of carbonyl (C=O) groups excluding carboxylic acids is 2. The number of aryl methyl sites for hydroxylation is 1. The number of anilines is 1. The normalized spacial score (nSPS) is 14.0. The summed E-state index contributed by atoms with van der Waals surface area (Å²) in [5, 5.41) is 0. The molecule has 5 rings (SSSR count). The maximum Gasteiger partial charge on any atom is 0.325 e. The molecule has 1 aromatic heterocycles. The number of aromatic nitrogens is 1. The minimum absolute atomic E-state index is 0.0606. The van der Waals surface area contributed by atoms with Crippen LogP contribution >= 0.6 is 11.3 Å². The molecule has 0 saturated carbocycles. The number of nitrogens with zero attached hydrogens (tertiary/aromatic N) is 3. The number of ether oxygens (including phenoxy) is 1. The summed E-state index contributed by atoms with van der Waals surface area (Å²) in [6.07, 6.45) is 1.53. The second-order valence-electron chi connectivity index (χ2n) is 8.38. The third kappa shape index (κ3) is 4.67. The van der Waals surface area contributed by atoms with Gasteiger partial charge in [-0.1, -0.05) is 35.6 Å². The largest absolute Gasteiger partial charge is 0.468 e. The number of hydrogen-bond donors (Lipinski definition) is 0. The summed E-state index contributed by atoms with van der Waals surface area (Å²) in [4.78, 5) is 29.2. The number of carbonyl (C=O) groups is 2. The fraction of sp³-hybridized carbons (Fsp3) is 0.192. The molecule has 2 heterocycles. The first kappa shape index (κ1) is 24.8. The monoisotopic (exact) mass is 539 g/mol. The lowest BCUT2D eigenvalue weighted by Crippen LogP contribution is -2.35. The van der Waals surface area contributed by atoms with Crippen LogP contribution in [0.3, 0.4) is 0 Å². The van der Waals surface area contributed by atoms with Crippen LogP contribution in [0.25, 0.3) is 10.2 Å². The van der Waals surface area contributed by atoms with Crippen LogP contribution in [0.2, 0.25) is 0 Å². The average molecular weight is 540 g/mol. The van der Waals surface area contributed by atoms with Gasteiger partial charge in [0.05, 0.1) is 27.9 Å². The van der Waals surface area contributed by atoms with Crippen molar-refractivity contribution < 1.29 is 27.1 Å². The summed E-state index contributed by atoms with van der Waals surface area (Å²) < 4.78 is 49.2. The Kier molecular flexibility index (Phi) is 6.65. The highest BCUT2D eigenvalue weighted by atomic mass is 32.2. The van der Waals surface area contributed by atoms with Crippen molar-refractivity contribution in [3.8, 4) is 0 Å². The van der Waals surface area contributed by atoms with Crippen LogP contribution in [0.5, 0.6) is 0 Å². The number of para-hydroxylation sites is 2. The number of thiazole rings is 1. The Morgan fingerprint density at radius 3 is 2.57 bits per heavy atom. The Hall–Kier alpha value is -3.83. The van der Waals surface area contributed by atoms with E-state index in [2.05, 4.69) is 4.99 Å². The van der Waals surface area contributed by atoms with Gasteiger partial charge >= 0.3 is 5.97 Å². The fourth-order valence-electron chi connectivity index (χ4n) is 4.31. The van der Waals surface area contributed by atoms with E-state index < -0.39 is 27.7 Å². The second-order valence-corrected chi connectivity index (χ2v) is 11.3. The highest BCUT2D eigenvalue weighted by Gasteiger charge is 2.29. The Bertz CT molecular complexity index is 1690. The van der Waals surface area contributed by atoms with Gasteiger partial charge in [-0.05, 0) is 60.9 Å². The third-order valence-corrected chi connectivity index (χ3v) is 8.99. The second kappa shape index (κ2) is 9.91. The summed E-state index contributed by atoms with van der Waals surface area (Å²) in [6.45, 7) is 0.0517. The van der Waals surface area contributed by atoms with Gasteiger partial charge in [0.25, 0.3) is 15.9 Å². The molecule has 0 N–H and O–H groups in total. The van der Waals surface area contributed by atoms with E-state index in [1.54, 1.807) is 12.1 Å². The van der Waals surface area contributed by atoms with Crippen molar-refractivity contribution in [3.63, 3.8) is 0 Å². The molecule has 4 aromatic rings. The van der Waals surface area contributed by atoms with Crippen molar-refractivity contribution in [1.82, 2.24) is 4.57 Å². The van der Waals surface area contributed by atoms with E-state index >= 15 is 0 Å². The summed E-state index contributed by atoms with van der Waals surface area (Å²) in [7, 11) is -2.61. The number of sulfonamides is 1. The summed E-state index contributed by atoms with van der Waals surface area (Å²) in [6, 6.07) is 17.4. The van der Waals surface area contributed by atoms with Crippen LogP contribution in [-0.4, -0.2) is 38.5 Å². The van der Waals surface area contributed by atoms with Gasteiger partial charge in [-0.15, -0.1) is 0 Å². The molecule has 1 amide bonds. The number of halogens is 1. The molecule has 0 saturated heterocycles. The number of methoxy groups -OCH3 is 1. The third-order valence-electron chi connectivity index (χ3n) is 6.12. The smallest absolute Gasteiger partial charge is 0.325 e. The van der Waals surface area contributed by atoms with Gasteiger partial charge in [-0.25, -0.2) is 12.8 Å². The van der Waals surface area contributed by atoms with E-state index in [0.717, 1.165) is 23.3 Å². The maximum absolute atomic E-state index is 14.5. The molecular formula is C26H22FN3O5S2. The summed E-state index contributed by atoms with van der Waals surface area (Å²) in [5.74, 6) is -1.83. The number of hydrogen-bond acceptors (Lipinski definition) is 6. The number of amides is 1. The lowest BCUT2D eigenvalue weighted by atomic mass is 10.0. The van der Waals surface area contributed by atoms with Crippen molar-refractivity contribution in [1.29, 1.82) is 0 Å². The van der Waals surface area contributed by atoms with Crippen molar-refractivity contribution in [3.05, 3.63) is 88.5 Å². The van der Waals surface area contributed by atoms with Gasteiger partial charge in [0.1, 0.15) is 12.4 Å². The van der Waals surface area contributed by atoms with Crippen LogP contribution < -0.4 is 9.11 Å². The van der Waals surface area contributed by atoms with Crippen molar-refractivity contribution in [2.45, 2.75) is 24.3 Å². The van der Waals surface area contributed by atoms with Crippen LogP contribution in [-0.2, 0) is 32.5 Å². The zero-order valence-electron chi connectivity index (χ0n) is 19.8. The topological polar surface area (TPSA) is 98.0 Å². The molecule has 11 heteroatoms. The highest BCUT2D eigenvalue weighted by Crippen LogP contribution is 2.31. The van der Waals surface area contributed by atoms with E-state index in [9.17, 15) is 22.4 Å². The van der Waals surface area contributed by atoms with Crippen molar-refractivity contribution in [2.24, 2.45) is 4.99 Å². The molecule has 0 radical (unpaired) electrons. The molecule has 0 spiro atoms. The molecule has 8 nitrogen and oxygen atoms in total. The fourth-order valence-corrected chi connectivity index (χ4v) is 6.89. The first-order chi connectivity index (χ1) is 17.8. The molecule has 0 aliphatic carbocycles. The minimum Gasteiger partial charge on any atom is -0.468 e. The zero-order valence-corrected chi connectivity index (χ0v) is 21.4. The van der Waals surface area contributed by atoms with Crippen LogP contribution in [0.4, 0.5) is 10.1 Å². The molecule has 1 aliphatic heterocycles. The van der Waals surface area contributed by atoms with Crippen molar-refractivity contribution >= 4 is 49.1 Å². The number of esters is 1. The average Bonchev–Trinajstić information content (AvgIpc) is 3.25. The molecule has 1 aliphatic rings. The molecule has 0 fully saturated rings. The van der Waals surface area contributed by atoms with E-state index in [1.807, 2.05) is 18.2 Å². The SMILES string of the molecule is COC(=O)Cn1c(=NC(=O)c2ccc(S(=O)(=O)N3CCCc4ccccc43)cc2)sc2cccc(F)c21. The standard InChI is InChI=1S/C26H22FN3O5S2/c1-35-23(31)16-29-24-20(27)8-4-10-22(24)36-26(29)28-25(32)18-11-13-19(14-12-18)37(33,34)30-15-5-7-17-6-2-3-9-21(17)30/h2-4,6,8-14H,5,7,15-16H2,1H3.